The second-order valence-electron chi connectivity index (χ2n) is 4.25. The molecule has 1 aromatic rings. The van der Waals surface area contributed by atoms with Gasteiger partial charge in [-0.1, -0.05) is 0 Å². The van der Waals surface area contributed by atoms with Gasteiger partial charge in [0.05, 0.1) is 4.92 Å². The van der Waals surface area contributed by atoms with Crippen LogP contribution in [0.2, 0.25) is 0 Å². The minimum Gasteiger partial charge on any atom is -0.481 e. The van der Waals surface area contributed by atoms with Gasteiger partial charge < -0.3 is 10.4 Å². The number of nitro benzene ring substituents is 1. The van der Waals surface area contributed by atoms with Crippen molar-refractivity contribution in [2.24, 2.45) is 0 Å². The first-order valence-corrected chi connectivity index (χ1v) is 6.61. The predicted molar refractivity (Wildman–Crippen MR) is 75.4 cm³/mol. The van der Waals surface area contributed by atoms with E-state index in [1.165, 1.54) is 12.1 Å². The standard InChI is InChI=1S/C12H15BrN2O4/c1-8(3-2-4-12(16)17)14-11-6-5-9(15(18)19)7-10(11)13/h5-8,14H,2-4H2,1H3,(H,16,17). The predicted octanol–water partition coefficient (Wildman–Crippen LogP) is 3.41. The molecule has 0 radical (unpaired) electrons. The molecule has 0 bridgehead atoms. The highest BCUT2D eigenvalue weighted by Crippen LogP contribution is 2.28. The van der Waals surface area contributed by atoms with Gasteiger partial charge in [0.25, 0.3) is 5.69 Å². The lowest BCUT2D eigenvalue weighted by Gasteiger charge is -2.15. The summed E-state index contributed by atoms with van der Waals surface area (Å²) in [5.74, 6) is -0.802. The Labute approximate surface area is 119 Å². The van der Waals surface area contributed by atoms with Gasteiger partial charge in [-0.2, -0.15) is 0 Å². The highest BCUT2D eigenvalue weighted by molar-refractivity contribution is 9.10. The van der Waals surface area contributed by atoms with Crippen molar-refractivity contribution >= 4 is 33.3 Å². The van der Waals surface area contributed by atoms with Gasteiger partial charge in [-0.15, -0.1) is 0 Å². The smallest absolute Gasteiger partial charge is 0.303 e. The summed E-state index contributed by atoms with van der Waals surface area (Å²) in [5, 5.41) is 22.3. The van der Waals surface area contributed by atoms with Crippen molar-refractivity contribution in [2.45, 2.75) is 32.2 Å². The minimum atomic E-state index is -0.802. The fourth-order valence-corrected chi connectivity index (χ4v) is 2.11. The van der Waals surface area contributed by atoms with Gasteiger partial charge in [-0.3, -0.25) is 14.9 Å². The van der Waals surface area contributed by atoms with Crippen LogP contribution in [0.5, 0.6) is 0 Å². The second-order valence-corrected chi connectivity index (χ2v) is 5.11. The Morgan fingerprint density at radius 1 is 1.58 bits per heavy atom. The number of halogens is 1. The number of hydrogen-bond donors (Lipinski definition) is 2. The Kier molecular flexibility index (Phi) is 5.75. The zero-order chi connectivity index (χ0) is 14.4. The van der Waals surface area contributed by atoms with Crippen molar-refractivity contribution < 1.29 is 14.8 Å². The van der Waals surface area contributed by atoms with Crippen molar-refractivity contribution in [2.75, 3.05) is 5.32 Å². The van der Waals surface area contributed by atoms with Crippen LogP contribution < -0.4 is 5.32 Å². The lowest BCUT2D eigenvalue weighted by Crippen LogP contribution is -2.15. The van der Waals surface area contributed by atoms with E-state index in [2.05, 4.69) is 21.2 Å². The Hall–Kier alpha value is -1.63. The molecule has 7 heteroatoms. The summed E-state index contributed by atoms with van der Waals surface area (Å²) >= 11 is 3.27. The number of non-ortho nitro benzene ring substituents is 1. The molecular weight excluding hydrogens is 316 g/mol. The number of nitrogens with zero attached hydrogens (tertiary/aromatic N) is 1. The number of carbonyl (C=O) groups is 1. The number of nitro groups is 1. The Balaban J connectivity index is 2.57. The summed E-state index contributed by atoms with van der Waals surface area (Å²) in [5.41, 5.74) is 0.782. The lowest BCUT2D eigenvalue weighted by atomic mass is 10.1. The van der Waals surface area contributed by atoms with E-state index in [1.54, 1.807) is 6.07 Å². The summed E-state index contributed by atoms with van der Waals surface area (Å²) in [6.45, 7) is 1.94. The van der Waals surface area contributed by atoms with E-state index in [-0.39, 0.29) is 18.2 Å². The molecule has 1 aromatic carbocycles. The molecule has 2 N–H and O–H groups in total. The molecule has 0 spiro atoms. The van der Waals surface area contributed by atoms with Crippen LogP contribution in [0.25, 0.3) is 0 Å². The molecule has 0 aliphatic heterocycles. The SMILES string of the molecule is CC(CCCC(=O)O)Nc1ccc([N+](=O)[O-])cc1Br. The van der Waals surface area contributed by atoms with E-state index in [1.807, 2.05) is 6.92 Å². The fraction of sp³-hybridized carbons (Fsp3) is 0.417. The van der Waals surface area contributed by atoms with Crippen LogP contribution in [0.3, 0.4) is 0 Å². The van der Waals surface area contributed by atoms with Gasteiger partial charge >= 0.3 is 5.97 Å². The molecule has 0 aliphatic rings. The monoisotopic (exact) mass is 330 g/mol. The van der Waals surface area contributed by atoms with Gasteiger partial charge in [0.2, 0.25) is 0 Å². The maximum Gasteiger partial charge on any atom is 0.303 e. The third-order valence-electron chi connectivity index (χ3n) is 2.59. The van der Waals surface area contributed by atoms with Gasteiger partial charge in [0, 0.05) is 34.8 Å². The molecule has 1 atom stereocenters. The average molecular weight is 331 g/mol. The van der Waals surface area contributed by atoms with Gasteiger partial charge in [-0.25, -0.2) is 0 Å². The van der Waals surface area contributed by atoms with Crippen molar-refractivity contribution in [3.63, 3.8) is 0 Å². The lowest BCUT2D eigenvalue weighted by molar-refractivity contribution is -0.384. The molecule has 0 saturated heterocycles. The first-order valence-electron chi connectivity index (χ1n) is 5.82. The minimum absolute atomic E-state index is 0.0240. The summed E-state index contributed by atoms with van der Waals surface area (Å²) in [6, 6.07) is 4.59. The van der Waals surface area contributed by atoms with Crippen LogP contribution in [0.4, 0.5) is 11.4 Å². The summed E-state index contributed by atoms with van der Waals surface area (Å²) < 4.78 is 0.617. The third kappa shape index (κ3) is 5.25. The number of aliphatic carboxylic acids is 1. The highest BCUT2D eigenvalue weighted by atomic mass is 79.9. The molecule has 1 rings (SSSR count). The molecule has 0 heterocycles. The van der Waals surface area contributed by atoms with Gasteiger partial charge in [0.15, 0.2) is 0 Å². The summed E-state index contributed by atoms with van der Waals surface area (Å²) in [7, 11) is 0. The second kappa shape index (κ2) is 7.08. The highest BCUT2D eigenvalue weighted by Gasteiger charge is 2.11. The zero-order valence-corrected chi connectivity index (χ0v) is 12.0. The normalized spacial score (nSPS) is 11.9. The quantitative estimate of drug-likeness (QED) is 0.590. The average Bonchev–Trinajstić information content (AvgIpc) is 2.31. The molecule has 0 fully saturated rings. The summed E-state index contributed by atoms with van der Waals surface area (Å²) in [4.78, 5) is 20.5. The number of anilines is 1. The fourth-order valence-electron chi connectivity index (χ4n) is 1.63. The molecule has 1 unspecified atom stereocenters. The number of carboxylic acids is 1. The maximum absolute atomic E-state index is 10.6. The number of rotatable bonds is 7. The molecule has 0 amide bonds. The van der Waals surface area contributed by atoms with E-state index in [9.17, 15) is 14.9 Å². The maximum atomic E-state index is 10.6. The molecule has 0 aliphatic carbocycles. The topological polar surface area (TPSA) is 92.5 Å². The first-order chi connectivity index (χ1) is 8.90. The summed E-state index contributed by atoms with van der Waals surface area (Å²) in [6.07, 6.45) is 1.46. The van der Waals surface area contributed by atoms with E-state index in [0.717, 1.165) is 12.1 Å². The van der Waals surface area contributed by atoms with Gasteiger partial charge in [-0.05, 0) is 41.8 Å². The number of benzene rings is 1. The van der Waals surface area contributed by atoms with E-state index in [4.69, 9.17) is 5.11 Å². The Bertz CT molecular complexity index is 479. The van der Waals surface area contributed by atoms with Crippen LogP contribution in [-0.4, -0.2) is 22.0 Å². The number of hydrogen-bond acceptors (Lipinski definition) is 4. The third-order valence-corrected chi connectivity index (χ3v) is 3.25. The van der Waals surface area contributed by atoms with Crippen LogP contribution in [0.1, 0.15) is 26.2 Å². The molecule has 0 aromatic heterocycles. The van der Waals surface area contributed by atoms with Crippen molar-refractivity contribution in [3.8, 4) is 0 Å². The number of nitrogens with one attached hydrogen (secondary N) is 1. The largest absolute Gasteiger partial charge is 0.481 e. The molecular formula is C12H15BrN2O4. The molecule has 6 nitrogen and oxygen atoms in total. The molecule has 104 valence electrons. The van der Waals surface area contributed by atoms with Crippen LogP contribution in [0, 0.1) is 10.1 Å². The van der Waals surface area contributed by atoms with E-state index in [0.29, 0.717) is 10.9 Å². The van der Waals surface area contributed by atoms with Crippen LogP contribution in [-0.2, 0) is 4.79 Å². The first kappa shape index (κ1) is 15.4. The van der Waals surface area contributed by atoms with E-state index < -0.39 is 10.9 Å². The zero-order valence-electron chi connectivity index (χ0n) is 10.4. The number of carboxylic acid groups (broad SMARTS) is 1. The van der Waals surface area contributed by atoms with Crippen molar-refractivity contribution in [3.05, 3.63) is 32.8 Å². The van der Waals surface area contributed by atoms with Crippen LogP contribution >= 0.6 is 15.9 Å². The van der Waals surface area contributed by atoms with Crippen LogP contribution in [0.15, 0.2) is 22.7 Å². The Morgan fingerprint density at radius 2 is 2.26 bits per heavy atom. The Morgan fingerprint density at radius 3 is 2.79 bits per heavy atom. The molecule has 0 saturated carbocycles. The van der Waals surface area contributed by atoms with Gasteiger partial charge in [0.1, 0.15) is 0 Å². The molecule has 19 heavy (non-hydrogen) atoms. The van der Waals surface area contributed by atoms with E-state index >= 15 is 0 Å². The van der Waals surface area contributed by atoms with Crippen molar-refractivity contribution in [1.29, 1.82) is 0 Å². The van der Waals surface area contributed by atoms with Crippen molar-refractivity contribution in [1.82, 2.24) is 0 Å².